The maximum atomic E-state index is 12.4. The van der Waals surface area contributed by atoms with Crippen molar-refractivity contribution < 1.29 is 22.7 Å². The van der Waals surface area contributed by atoms with E-state index in [0.717, 1.165) is 4.31 Å². The van der Waals surface area contributed by atoms with Crippen molar-refractivity contribution in [2.45, 2.75) is 11.3 Å². The number of nitrogens with zero attached hydrogens (tertiary/aromatic N) is 1. The highest BCUT2D eigenvalue weighted by Gasteiger charge is 2.33. The van der Waals surface area contributed by atoms with Gasteiger partial charge in [-0.3, -0.25) is 4.79 Å². The second kappa shape index (κ2) is 5.29. The van der Waals surface area contributed by atoms with Gasteiger partial charge in [0.1, 0.15) is 0 Å². The van der Waals surface area contributed by atoms with Crippen LogP contribution in [0.25, 0.3) is 0 Å². The molecule has 0 fully saturated rings. The molecule has 20 heavy (non-hydrogen) atoms. The van der Waals surface area contributed by atoms with Crippen LogP contribution < -0.4 is 15.2 Å². The highest BCUT2D eigenvalue weighted by atomic mass is 32.2. The topological polar surface area (TPSA) is 98.9 Å². The average molecular weight is 300 g/mol. The van der Waals surface area contributed by atoms with E-state index in [2.05, 4.69) is 0 Å². The van der Waals surface area contributed by atoms with Gasteiger partial charge in [-0.15, -0.1) is 0 Å². The summed E-state index contributed by atoms with van der Waals surface area (Å²) in [7, 11) is -0.820. The van der Waals surface area contributed by atoms with Gasteiger partial charge in [0.2, 0.25) is 15.9 Å². The highest BCUT2D eigenvalue weighted by molar-refractivity contribution is 7.89. The first-order chi connectivity index (χ1) is 9.40. The molecule has 0 aromatic heterocycles. The van der Waals surface area contributed by atoms with Crippen molar-refractivity contribution >= 4 is 15.9 Å². The van der Waals surface area contributed by atoms with Gasteiger partial charge in [0.15, 0.2) is 11.5 Å². The molecule has 0 atom stereocenters. The Hall–Kier alpha value is -1.80. The molecule has 2 rings (SSSR count). The van der Waals surface area contributed by atoms with E-state index in [1.165, 1.54) is 20.3 Å². The molecule has 7 nitrogen and oxygen atoms in total. The molecule has 1 aliphatic heterocycles. The molecule has 1 heterocycles. The molecular weight excluding hydrogens is 284 g/mol. The molecule has 0 unspecified atom stereocenters. The van der Waals surface area contributed by atoms with E-state index < -0.39 is 15.9 Å². The summed E-state index contributed by atoms with van der Waals surface area (Å²) in [6.45, 7) is -0.107. The first-order valence-corrected chi connectivity index (χ1v) is 7.37. The number of fused-ring (bicyclic) bond motifs is 1. The number of hydrogen-bond acceptors (Lipinski definition) is 5. The van der Waals surface area contributed by atoms with Crippen LogP contribution in [0.2, 0.25) is 0 Å². The smallest absolute Gasteiger partial charge is 0.243 e. The molecule has 0 aliphatic carbocycles. The summed E-state index contributed by atoms with van der Waals surface area (Å²) in [5.74, 6) is 0.123. The van der Waals surface area contributed by atoms with Crippen molar-refractivity contribution in [2.75, 3.05) is 27.3 Å². The Morgan fingerprint density at radius 1 is 1.30 bits per heavy atom. The van der Waals surface area contributed by atoms with Crippen LogP contribution in [-0.4, -0.2) is 45.9 Å². The Bertz CT molecular complexity index is 641. The summed E-state index contributed by atoms with van der Waals surface area (Å²) in [4.78, 5) is 11.1. The fourth-order valence-electron chi connectivity index (χ4n) is 2.18. The van der Waals surface area contributed by atoms with Gasteiger partial charge in [-0.2, -0.15) is 4.31 Å². The lowest BCUT2D eigenvalue weighted by molar-refractivity contribution is -0.118. The molecule has 0 saturated heterocycles. The number of hydrogen-bond donors (Lipinski definition) is 1. The van der Waals surface area contributed by atoms with Crippen molar-refractivity contribution in [1.82, 2.24) is 4.31 Å². The van der Waals surface area contributed by atoms with Crippen LogP contribution in [0.5, 0.6) is 11.5 Å². The normalized spacial score (nSPS) is 17.3. The van der Waals surface area contributed by atoms with E-state index in [1.807, 2.05) is 0 Å². The predicted molar refractivity (Wildman–Crippen MR) is 71.2 cm³/mol. The molecule has 0 bridgehead atoms. The Labute approximate surface area is 117 Å². The van der Waals surface area contributed by atoms with Crippen LogP contribution in [0.4, 0.5) is 0 Å². The molecule has 1 aliphatic rings. The van der Waals surface area contributed by atoms with Crippen molar-refractivity contribution in [2.24, 2.45) is 5.73 Å². The zero-order chi connectivity index (χ0) is 14.9. The number of carbonyl (C=O) groups excluding carboxylic acids is 1. The van der Waals surface area contributed by atoms with Gasteiger partial charge in [0, 0.05) is 12.6 Å². The lowest BCUT2D eigenvalue weighted by atomic mass is 10.1. The molecule has 1 amide bonds. The summed E-state index contributed by atoms with van der Waals surface area (Å²) in [5.41, 5.74) is 5.72. The van der Waals surface area contributed by atoms with Crippen molar-refractivity contribution in [3.8, 4) is 11.5 Å². The van der Waals surface area contributed by atoms with Crippen LogP contribution in [-0.2, 0) is 21.2 Å². The fourth-order valence-corrected chi connectivity index (χ4v) is 3.84. The van der Waals surface area contributed by atoms with E-state index in [0.29, 0.717) is 23.5 Å². The SMILES string of the molecule is COc1cc2c(cc1OC)S(=O)(=O)N(CC(N)=O)CC2. The number of amides is 1. The van der Waals surface area contributed by atoms with Crippen LogP contribution >= 0.6 is 0 Å². The minimum absolute atomic E-state index is 0.127. The Morgan fingerprint density at radius 3 is 2.45 bits per heavy atom. The van der Waals surface area contributed by atoms with E-state index in [9.17, 15) is 13.2 Å². The molecular formula is C12H16N2O5S. The first-order valence-electron chi connectivity index (χ1n) is 5.93. The molecule has 8 heteroatoms. The maximum Gasteiger partial charge on any atom is 0.243 e. The number of benzene rings is 1. The lowest BCUT2D eigenvalue weighted by Gasteiger charge is -2.28. The lowest BCUT2D eigenvalue weighted by Crippen LogP contribution is -2.42. The standard InChI is InChI=1S/C12H16N2O5S/c1-18-9-5-8-3-4-14(7-12(13)15)20(16,17)11(8)6-10(9)19-2/h5-6H,3-4,7H2,1-2H3,(H2,13,15). The minimum Gasteiger partial charge on any atom is -0.493 e. The van der Waals surface area contributed by atoms with E-state index in [4.69, 9.17) is 15.2 Å². The Morgan fingerprint density at radius 2 is 1.90 bits per heavy atom. The number of methoxy groups -OCH3 is 2. The van der Waals surface area contributed by atoms with Crippen molar-refractivity contribution in [3.05, 3.63) is 17.7 Å². The van der Waals surface area contributed by atoms with E-state index in [-0.39, 0.29) is 18.0 Å². The molecule has 1 aromatic rings. The predicted octanol–water partition coefficient (Wildman–Crippen LogP) is -0.264. The number of nitrogens with two attached hydrogens (primary N) is 1. The van der Waals surface area contributed by atoms with Crippen LogP contribution in [0.15, 0.2) is 17.0 Å². The molecule has 0 radical (unpaired) electrons. The van der Waals surface area contributed by atoms with Crippen LogP contribution in [0.3, 0.4) is 0 Å². The Balaban J connectivity index is 2.52. The minimum atomic E-state index is -3.74. The first kappa shape index (κ1) is 14.6. The molecule has 0 spiro atoms. The number of primary amides is 1. The summed E-state index contributed by atoms with van der Waals surface area (Å²) in [6, 6.07) is 3.06. The van der Waals surface area contributed by atoms with Crippen LogP contribution in [0.1, 0.15) is 5.56 Å². The van der Waals surface area contributed by atoms with Gasteiger partial charge in [-0.25, -0.2) is 8.42 Å². The van der Waals surface area contributed by atoms with Gasteiger partial charge < -0.3 is 15.2 Å². The third-order valence-corrected chi connectivity index (χ3v) is 5.07. The third-order valence-electron chi connectivity index (χ3n) is 3.15. The second-order valence-electron chi connectivity index (χ2n) is 4.37. The van der Waals surface area contributed by atoms with Crippen LogP contribution in [0, 0.1) is 0 Å². The summed E-state index contributed by atoms with van der Waals surface area (Å²) >= 11 is 0. The van der Waals surface area contributed by atoms with Gasteiger partial charge >= 0.3 is 0 Å². The monoisotopic (exact) mass is 300 g/mol. The van der Waals surface area contributed by atoms with E-state index in [1.54, 1.807) is 6.07 Å². The van der Waals surface area contributed by atoms with Gasteiger partial charge in [0.05, 0.1) is 25.7 Å². The molecule has 2 N–H and O–H groups in total. The largest absolute Gasteiger partial charge is 0.493 e. The summed E-state index contributed by atoms with van der Waals surface area (Å²) < 4.78 is 36.2. The average Bonchev–Trinajstić information content (AvgIpc) is 2.40. The second-order valence-corrected chi connectivity index (χ2v) is 6.28. The van der Waals surface area contributed by atoms with Gasteiger partial charge in [-0.1, -0.05) is 0 Å². The number of ether oxygens (including phenoxy) is 2. The Kier molecular flexibility index (Phi) is 3.87. The fraction of sp³-hybridized carbons (Fsp3) is 0.417. The maximum absolute atomic E-state index is 12.4. The van der Waals surface area contributed by atoms with Gasteiger partial charge in [-0.05, 0) is 18.1 Å². The zero-order valence-electron chi connectivity index (χ0n) is 11.3. The summed E-state index contributed by atoms with van der Waals surface area (Å²) in [6.07, 6.45) is 0.488. The zero-order valence-corrected chi connectivity index (χ0v) is 12.1. The summed E-state index contributed by atoms with van der Waals surface area (Å²) in [5, 5.41) is 0. The van der Waals surface area contributed by atoms with Crippen molar-refractivity contribution in [3.63, 3.8) is 0 Å². The number of carbonyl (C=O) groups is 1. The van der Waals surface area contributed by atoms with E-state index >= 15 is 0 Å². The van der Waals surface area contributed by atoms with Gasteiger partial charge in [0.25, 0.3) is 0 Å². The molecule has 0 saturated carbocycles. The molecule has 1 aromatic carbocycles. The number of rotatable bonds is 4. The van der Waals surface area contributed by atoms with Crippen molar-refractivity contribution in [1.29, 1.82) is 0 Å². The highest BCUT2D eigenvalue weighted by Crippen LogP contribution is 2.36. The number of sulfonamides is 1. The third kappa shape index (κ3) is 2.44. The quantitative estimate of drug-likeness (QED) is 0.825. The molecule has 110 valence electrons.